The number of fused-ring (bicyclic) bond motifs is 1. The Morgan fingerprint density at radius 1 is 0.800 bits per heavy atom. The van der Waals surface area contributed by atoms with Gasteiger partial charge in [-0.3, -0.25) is 4.79 Å². The van der Waals surface area contributed by atoms with Crippen molar-refractivity contribution in [2.75, 3.05) is 7.11 Å². The van der Waals surface area contributed by atoms with Gasteiger partial charge in [0.1, 0.15) is 5.75 Å². The van der Waals surface area contributed by atoms with E-state index < -0.39 is 5.97 Å². The zero-order valence-corrected chi connectivity index (χ0v) is 19.5. The summed E-state index contributed by atoms with van der Waals surface area (Å²) in [5.74, 6) is -0.330. The van der Waals surface area contributed by atoms with Crippen molar-refractivity contribution in [3.8, 4) is 39.1 Å². The fraction of sp³-hybridized carbons (Fsp3) is 0.0345. The average molecular weight is 482 g/mol. The minimum Gasteiger partial charge on any atom is -0.507 e. The van der Waals surface area contributed by atoms with Gasteiger partial charge < -0.3 is 14.8 Å². The summed E-state index contributed by atoms with van der Waals surface area (Å²) in [6, 6.07) is 27.1. The minimum absolute atomic E-state index is 0.145. The first-order chi connectivity index (χ1) is 16.9. The quantitative estimate of drug-likeness (QED) is 0.281. The van der Waals surface area contributed by atoms with Crippen LogP contribution in [-0.2, 0) is 4.74 Å². The van der Waals surface area contributed by atoms with Crippen molar-refractivity contribution in [1.82, 2.24) is 4.98 Å². The molecule has 0 saturated heterocycles. The smallest absolute Gasteiger partial charge is 0.337 e. The fourth-order valence-electron chi connectivity index (χ4n) is 4.16. The van der Waals surface area contributed by atoms with E-state index in [1.165, 1.54) is 7.11 Å². The number of halogens is 1. The second kappa shape index (κ2) is 9.12. The lowest BCUT2D eigenvalue weighted by atomic mass is 9.97. The number of ether oxygens (including phenoxy) is 1. The van der Waals surface area contributed by atoms with E-state index in [1.807, 2.05) is 48.5 Å². The van der Waals surface area contributed by atoms with Crippen molar-refractivity contribution in [3.05, 3.63) is 112 Å². The van der Waals surface area contributed by atoms with Gasteiger partial charge >= 0.3 is 5.97 Å². The maximum atomic E-state index is 12.8. The third kappa shape index (κ3) is 4.29. The molecule has 35 heavy (non-hydrogen) atoms. The zero-order chi connectivity index (χ0) is 24.5. The molecule has 1 heterocycles. The van der Waals surface area contributed by atoms with Gasteiger partial charge in [0.25, 0.3) is 5.56 Å². The van der Waals surface area contributed by atoms with Crippen LogP contribution < -0.4 is 5.56 Å². The minimum atomic E-state index is -0.475. The van der Waals surface area contributed by atoms with Crippen LogP contribution >= 0.6 is 11.6 Å². The maximum Gasteiger partial charge on any atom is 0.337 e. The van der Waals surface area contributed by atoms with E-state index in [0.717, 1.165) is 27.6 Å². The van der Waals surface area contributed by atoms with Gasteiger partial charge in [0.2, 0.25) is 0 Å². The Bertz CT molecular complexity index is 1640. The van der Waals surface area contributed by atoms with Crippen LogP contribution in [0.3, 0.4) is 0 Å². The molecule has 5 nitrogen and oxygen atoms in total. The van der Waals surface area contributed by atoms with Crippen molar-refractivity contribution in [2.45, 2.75) is 0 Å². The van der Waals surface area contributed by atoms with Crippen LogP contribution in [0.5, 0.6) is 5.75 Å². The molecule has 0 radical (unpaired) electrons. The summed E-state index contributed by atoms with van der Waals surface area (Å²) in [6.45, 7) is 0. The number of carbonyl (C=O) groups excluding carboxylic acids is 1. The van der Waals surface area contributed by atoms with Crippen LogP contribution in [-0.4, -0.2) is 23.2 Å². The molecule has 6 heteroatoms. The Hall–Kier alpha value is -4.35. The number of methoxy groups -OCH3 is 1. The summed E-state index contributed by atoms with van der Waals surface area (Å²) >= 11 is 6.57. The average Bonchev–Trinajstić information content (AvgIpc) is 2.88. The van der Waals surface area contributed by atoms with Gasteiger partial charge in [-0.2, -0.15) is 0 Å². The van der Waals surface area contributed by atoms with Gasteiger partial charge in [0.15, 0.2) is 0 Å². The summed E-state index contributed by atoms with van der Waals surface area (Å²) in [5, 5.41) is 11.9. The van der Waals surface area contributed by atoms with E-state index in [-0.39, 0.29) is 11.3 Å². The molecular weight excluding hydrogens is 462 g/mol. The Morgan fingerprint density at radius 3 is 2.26 bits per heavy atom. The first kappa shape index (κ1) is 22.4. The van der Waals surface area contributed by atoms with E-state index in [4.69, 9.17) is 16.3 Å². The van der Waals surface area contributed by atoms with Gasteiger partial charge in [0, 0.05) is 22.2 Å². The molecule has 0 unspecified atom stereocenters. The molecule has 4 aromatic carbocycles. The highest BCUT2D eigenvalue weighted by Crippen LogP contribution is 2.37. The summed E-state index contributed by atoms with van der Waals surface area (Å²) in [7, 11) is 1.31. The first-order valence-corrected chi connectivity index (χ1v) is 11.3. The molecule has 0 fully saturated rings. The van der Waals surface area contributed by atoms with E-state index in [9.17, 15) is 14.7 Å². The first-order valence-electron chi connectivity index (χ1n) is 10.9. The van der Waals surface area contributed by atoms with Crippen LogP contribution in [0.4, 0.5) is 0 Å². The molecule has 0 aliphatic carbocycles. The lowest BCUT2D eigenvalue weighted by Gasteiger charge is -2.11. The number of phenols is 1. The van der Waals surface area contributed by atoms with Crippen molar-refractivity contribution in [2.24, 2.45) is 0 Å². The predicted octanol–water partition coefficient (Wildman–Crippen LogP) is 6.67. The number of esters is 1. The number of rotatable bonds is 4. The molecular formula is C29H20ClNO4. The molecule has 5 aromatic rings. The molecule has 0 aliphatic heterocycles. The third-order valence-electron chi connectivity index (χ3n) is 5.92. The molecule has 172 valence electrons. The summed E-state index contributed by atoms with van der Waals surface area (Å²) in [4.78, 5) is 27.6. The van der Waals surface area contributed by atoms with Gasteiger partial charge in [0.05, 0.1) is 17.7 Å². The maximum absolute atomic E-state index is 12.8. The van der Waals surface area contributed by atoms with Crippen molar-refractivity contribution >= 4 is 28.5 Å². The number of phenolic OH excluding ortho intramolecular Hbond substituents is 1. The number of benzene rings is 4. The normalized spacial score (nSPS) is 10.9. The topological polar surface area (TPSA) is 79.4 Å². The van der Waals surface area contributed by atoms with Crippen LogP contribution in [0.2, 0.25) is 5.02 Å². The molecule has 0 amide bonds. The van der Waals surface area contributed by atoms with E-state index >= 15 is 0 Å². The number of aromatic amines is 1. The highest BCUT2D eigenvalue weighted by atomic mass is 35.5. The largest absolute Gasteiger partial charge is 0.507 e. The molecule has 0 spiro atoms. The lowest BCUT2D eigenvalue weighted by molar-refractivity contribution is 0.0601. The molecule has 0 saturated carbocycles. The van der Waals surface area contributed by atoms with E-state index in [2.05, 4.69) is 4.98 Å². The van der Waals surface area contributed by atoms with Crippen LogP contribution in [0, 0.1) is 0 Å². The molecule has 0 atom stereocenters. The SMILES string of the molecule is COC(=O)c1cccc(-c2cc3cc(-c4ccc(-c5ccccc5)c(O)c4)c(Cl)cc3[nH]c2=O)c1. The monoisotopic (exact) mass is 481 g/mol. The highest BCUT2D eigenvalue weighted by Gasteiger charge is 2.14. The van der Waals surface area contributed by atoms with E-state index in [1.54, 1.807) is 42.5 Å². The standard InChI is InChI=1S/C29H20ClNO4/c1-35-29(34)20-9-5-8-18(12-20)24-14-21-13-23(25(30)16-26(21)31-28(24)33)19-10-11-22(27(32)15-19)17-6-3-2-4-7-17/h2-16,32H,1H3,(H,31,33). The number of carbonyl (C=O) groups is 1. The van der Waals surface area contributed by atoms with Crippen molar-refractivity contribution in [1.29, 1.82) is 0 Å². The van der Waals surface area contributed by atoms with Crippen molar-refractivity contribution < 1.29 is 14.6 Å². The Kier molecular flexibility index (Phi) is 5.85. The number of pyridine rings is 1. The zero-order valence-electron chi connectivity index (χ0n) is 18.7. The number of aromatic hydroxyl groups is 1. The molecule has 5 rings (SSSR count). The molecule has 2 N–H and O–H groups in total. The highest BCUT2D eigenvalue weighted by molar-refractivity contribution is 6.34. The Balaban J connectivity index is 1.61. The molecule has 0 bridgehead atoms. The van der Waals surface area contributed by atoms with Crippen LogP contribution in [0.15, 0.2) is 95.8 Å². The number of hydrogen-bond acceptors (Lipinski definition) is 4. The van der Waals surface area contributed by atoms with Crippen LogP contribution in [0.25, 0.3) is 44.3 Å². The number of hydrogen-bond donors (Lipinski definition) is 2. The number of aromatic nitrogens is 1. The fourth-order valence-corrected chi connectivity index (χ4v) is 4.43. The van der Waals surface area contributed by atoms with Crippen molar-refractivity contribution in [3.63, 3.8) is 0 Å². The molecule has 0 aliphatic rings. The van der Waals surface area contributed by atoms with Gasteiger partial charge in [-0.05, 0) is 58.5 Å². The van der Waals surface area contributed by atoms with E-state index in [0.29, 0.717) is 27.2 Å². The van der Waals surface area contributed by atoms with Gasteiger partial charge in [-0.1, -0.05) is 66.2 Å². The Labute approximate surface area is 206 Å². The summed E-state index contributed by atoms with van der Waals surface area (Å²) in [6.07, 6.45) is 0. The van der Waals surface area contributed by atoms with Gasteiger partial charge in [-0.25, -0.2) is 4.79 Å². The Morgan fingerprint density at radius 2 is 1.51 bits per heavy atom. The second-order valence-electron chi connectivity index (χ2n) is 8.10. The second-order valence-corrected chi connectivity index (χ2v) is 8.51. The third-order valence-corrected chi connectivity index (χ3v) is 6.23. The number of H-pyrrole nitrogens is 1. The van der Waals surface area contributed by atoms with Gasteiger partial charge in [-0.15, -0.1) is 0 Å². The predicted molar refractivity (Wildman–Crippen MR) is 139 cm³/mol. The summed E-state index contributed by atoms with van der Waals surface area (Å²) < 4.78 is 4.79. The van der Waals surface area contributed by atoms with Crippen LogP contribution in [0.1, 0.15) is 10.4 Å². The number of nitrogens with one attached hydrogen (secondary N) is 1. The summed E-state index contributed by atoms with van der Waals surface area (Å²) in [5.41, 5.74) is 4.76. The lowest BCUT2D eigenvalue weighted by Crippen LogP contribution is -2.09. The molecule has 1 aromatic heterocycles.